The fourth-order valence-corrected chi connectivity index (χ4v) is 1.50. The highest BCUT2D eigenvalue weighted by molar-refractivity contribution is 5.86. The highest BCUT2D eigenvalue weighted by atomic mass is 16.4. The highest BCUT2D eigenvalue weighted by Gasteiger charge is 2.10. The maximum Gasteiger partial charge on any atom is 0.338 e. The summed E-state index contributed by atoms with van der Waals surface area (Å²) in [5.74, 6) is -0.416. The van der Waals surface area contributed by atoms with Gasteiger partial charge in [-0.3, -0.25) is 0 Å². The first-order valence-electron chi connectivity index (χ1n) is 5.99. The minimum absolute atomic E-state index is 0.114. The lowest BCUT2D eigenvalue weighted by atomic mass is 10.3. The first-order chi connectivity index (χ1) is 8.54. The van der Waals surface area contributed by atoms with Crippen molar-refractivity contribution in [3.63, 3.8) is 0 Å². The van der Waals surface area contributed by atoms with Gasteiger partial charge < -0.3 is 14.9 Å². The zero-order valence-corrected chi connectivity index (χ0v) is 11.1. The smallest absolute Gasteiger partial charge is 0.338 e. The van der Waals surface area contributed by atoms with E-state index in [1.54, 1.807) is 0 Å². The molecule has 1 aromatic rings. The molecule has 0 amide bonds. The Bertz CT molecular complexity index is 378. The molecule has 6 heteroatoms. The van der Waals surface area contributed by atoms with Gasteiger partial charge in [-0.1, -0.05) is 6.92 Å². The first-order valence-corrected chi connectivity index (χ1v) is 5.99. The summed E-state index contributed by atoms with van der Waals surface area (Å²) in [5.41, 5.74) is 0.114. The molecule has 0 unspecified atom stereocenters. The molecular formula is C12H20N4O2. The van der Waals surface area contributed by atoms with E-state index in [-0.39, 0.29) is 5.56 Å². The van der Waals surface area contributed by atoms with Crippen LogP contribution < -0.4 is 4.90 Å². The Morgan fingerprint density at radius 1 is 1.22 bits per heavy atom. The number of likely N-dealkylation sites (N-methyl/N-ethyl adjacent to an activating group) is 1. The highest BCUT2D eigenvalue weighted by Crippen LogP contribution is 2.07. The summed E-state index contributed by atoms with van der Waals surface area (Å²) in [6, 6.07) is 0. The van der Waals surface area contributed by atoms with Crippen LogP contribution in [0.2, 0.25) is 0 Å². The molecule has 0 aliphatic heterocycles. The van der Waals surface area contributed by atoms with Crippen LogP contribution >= 0.6 is 0 Å². The van der Waals surface area contributed by atoms with E-state index in [2.05, 4.69) is 26.7 Å². The van der Waals surface area contributed by atoms with Crippen LogP contribution in [0.4, 0.5) is 5.95 Å². The molecule has 0 bridgehead atoms. The van der Waals surface area contributed by atoms with Crippen LogP contribution in [0.3, 0.4) is 0 Å². The molecule has 0 spiro atoms. The van der Waals surface area contributed by atoms with Crippen LogP contribution in [0, 0.1) is 0 Å². The maximum absolute atomic E-state index is 10.7. The van der Waals surface area contributed by atoms with Crippen molar-refractivity contribution in [2.24, 2.45) is 0 Å². The second-order valence-corrected chi connectivity index (χ2v) is 4.37. The largest absolute Gasteiger partial charge is 0.478 e. The van der Waals surface area contributed by atoms with E-state index in [4.69, 9.17) is 5.11 Å². The zero-order chi connectivity index (χ0) is 13.5. The molecule has 0 radical (unpaired) electrons. The number of carbonyl (C=O) groups is 1. The topological polar surface area (TPSA) is 69.6 Å². The molecule has 0 atom stereocenters. The molecule has 100 valence electrons. The Morgan fingerprint density at radius 3 is 2.28 bits per heavy atom. The predicted octanol–water partition coefficient (Wildman–Crippen LogP) is 0.953. The standard InChI is InChI=1S/C12H20N4O2/c1-4-5-16(7-6-15(2)3)12-13-8-10(9-14-12)11(17)18/h8-9H,4-7H2,1-3H3,(H,17,18). The van der Waals surface area contributed by atoms with Crippen molar-refractivity contribution in [3.8, 4) is 0 Å². The van der Waals surface area contributed by atoms with Crippen molar-refractivity contribution in [2.45, 2.75) is 13.3 Å². The van der Waals surface area contributed by atoms with Crippen LogP contribution in [0.1, 0.15) is 23.7 Å². The summed E-state index contributed by atoms with van der Waals surface area (Å²) >= 11 is 0. The zero-order valence-electron chi connectivity index (χ0n) is 11.1. The van der Waals surface area contributed by atoms with Crippen molar-refractivity contribution in [2.75, 3.05) is 38.6 Å². The lowest BCUT2D eigenvalue weighted by Crippen LogP contribution is -2.33. The summed E-state index contributed by atoms with van der Waals surface area (Å²) in [6.45, 7) is 4.69. The second-order valence-electron chi connectivity index (χ2n) is 4.37. The maximum atomic E-state index is 10.7. The van der Waals surface area contributed by atoms with Gasteiger partial charge >= 0.3 is 5.97 Å². The molecule has 6 nitrogen and oxygen atoms in total. The van der Waals surface area contributed by atoms with Gasteiger partial charge in [0.2, 0.25) is 5.95 Å². The number of aromatic nitrogens is 2. The third kappa shape index (κ3) is 4.29. The summed E-state index contributed by atoms with van der Waals surface area (Å²) < 4.78 is 0. The molecule has 1 rings (SSSR count). The Labute approximate surface area is 107 Å². The van der Waals surface area contributed by atoms with Gasteiger partial charge in [0.15, 0.2) is 0 Å². The van der Waals surface area contributed by atoms with E-state index in [0.717, 1.165) is 26.1 Å². The molecule has 18 heavy (non-hydrogen) atoms. The van der Waals surface area contributed by atoms with Crippen molar-refractivity contribution in [1.82, 2.24) is 14.9 Å². The van der Waals surface area contributed by atoms with Crippen LogP contribution in [0.25, 0.3) is 0 Å². The average molecular weight is 252 g/mol. The predicted molar refractivity (Wildman–Crippen MR) is 70.0 cm³/mol. The van der Waals surface area contributed by atoms with Gasteiger partial charge in [0.25, 0.3) is 0 Å². The number of aromatic carboxylic acids is 1. The number of rotatable bonds is 7. The fourth-order valence-electron chi connectivity index (χ4n) is 1.50. The van der Waals surface area contributed by atoms with E-state index in [9.17, 15) is 4.79 Å². The molecule has 1 aromatic heterocycles. The van der Waals surface area contributed by atoms with Crippen molar-refractivity contribution >= 4 is 11.9 Å². The first kappa shape index (κ1) is 14.4. The van der Waals surface area contributed by atoms with Gasteiger partial charge in [0, 0.05) is 32.0 Å². The lowest BCUT2D eigenvalue weighted by molar-refractivity contribution is 0.0696. The molecule has 1 heterocycles. The van der Waals surface area contributed by atoms with Gasteiger partial charge in [-0.25, -0.2) is 14.8 Å². The molecule has 0 aliphatic rings. The number of carboxylic acid groups (broad SMARTS) is 1. The summed E-state index contributed by atoms with van der Waals surface area (Å²) in [7, 11) is 4.02. The SMILES string of the molecule is CCCN(CCN(C)C)c1ncc(C(=O)O)cn1. The third-order valence-electron chi connectivity index (χ3n) is 2.48. The molecule has 1 N–H and O–H groups in total. The second kappa shape index (κ2) is 6.90. The quantitative estimate of drug-likeness (QED) is 0.779. The van der Waals surface area contributed by atoms with Gasteiger partial charge in [0.1, 0.15) is 0 Å². The Hall–Kier alpha value is -1.69. The van der Waals surface area contributed by atoms with Gasteiger partial charge in [0.05, 0.1) is 5.56 Å². The van der Waals surface area contributed by atoms with Crippen LogP contribution in [-0.2, 0) is 0 Å². The van der Waals surface area contributed by atoms with E-state index >= 15 is 0 Å². The number of carboxylic acids is 1. The number of nitrogens with zero attached hydrogens (tertiary/aromatic N) is 4. The van der Waals surface area contributed by atoms with Crippen LogP contribution in [0.5, 0.6) is 0 Å². The molecule has 0 aromatic carbocycles. The molecule has 0 saturated heterocycles. The van der Waals surface area contributed by atoms with Crippen molar-refractivity contribution < 1.29 is 9.90 Å². The molecule has 0 aliphatic carbocycles. The van der Waals surface area contributed by atoms with E-state index in [1.165, 1.54) is 12.4 Å². The number of hydrogen-bond acceptors (Lipinski definition) is 5. The summed E-state index contributed by atoms with van der Waals surface area (Å²) in [5, 5.41) is 8.79. The van der Waals surface area contributed by atoms with E-state index in [0.29, 0.717) is 5.95 Å². The Morgan fingerprint density at radius 2 is 1.83 bits per heavy atom. The molecule has 0 saturated carbocycles. The number of anilines is 1. The van der Waals surface area contributed by atoms with E-state index < -0.39 is 5.97 Å². The summed E-state index contributed by atoms with van der Waals surface area (Å²) in [6.07, 6.45) is 3.70. The fraction of sp³-hybridized carbons (Fsp3) is 0.583. The minimum Gasteiger partial charge on any atom is -0.478 e. The lowest BCUT2D eigenvalue weighted by Gasteiger charge is -2.23. The van der Waals surface area contributed by atoms with Gasteiger partial charge in [-0.15, -0.1) is 0 Å². The normalized spacial score (nSPS) is 10.7. The average Bonchev–Trinajstić information content (AvgIpc) is 2.34. The summed E-state index contributed by atoms with van der Waals surface area (Å²) in [4.78, 5) is 23.1. The van der Waals surface area contributed by atoms with Gasteiger partial charge in [-0.05, 0) is 20.5 Å². The van der Waals surface area contributed by atoms with Crippen molar-refractivity contribution in [1.29, 1.82) is 0 Å². The van der Waals surface area contributed by atoms with E-state index in [1.807, 2.05) is 14.1 Å². The minimum atomic E-state index is -1.00. The molecule has 0 fully saturated rings. The Balaban J connectivity index is 2.75. The van der Waals surface area contributed by atoms with Crippen molar-refractivity contribution in [3.05, 3.63) is 18.0 Å². The Kier molecular flexibility index (Phi) is 5.51. The van der Waals surface area contributed by atoms with Crippen LogP contribution in [-0.4, -0.2) is 59.7 Å². The number of hydrogen-bond donors (Lipinski definition) is 1. The third-order valence-corrected chi connectivity index (χ3v) is 2.48. The van der Waals surface area contributed by atoms with Crippen LogP contribution in [0.15, 0.2) is 12.4 Å². The van der Waals surface area contributed by atoms with Gasteiger partial charge in [-0.2, -0.15) is 0 Å². The molecular weight excluding hydrogens is 232 g/mol. The monoisotopic (exact) mass is 252 g/mol.